The molecule has 0 aliphatic rings. The van der Waals surface area contributed by atoms with Crippen LogP contribution in [0.2, 0.25) is 0 Å². The van der Waals surface area contributed by atoms with E-state index in [1.54, 1.807) is 0 Å². The Labute approximate surface area is 71.7 Å². The molecule has 3 heteroatoms. The summed E-state index contributed by atoms with van der Waals surface area (Å²) in [5.41, 5.74) is 2.96. The summed E-state index contributed by atoms with van der Waals surface area (Å²) < 4.78 is 0. The smallest absolute Gasteiger partial charge is 0.143 e. The number of hydrogen-bond donors (Lipinski definition) is 0. The van der Waals surface area contributed by atoms with Crippen molar-refractivity contribution in [2.75, 3.05) is 0 Å². The minimum absolute atomic E-state index is 0.187. The number of nitrogens with zero attached hydrogens (tertiary/aromatic N) is 2. The predicted molar refractivity (Wildman–Crippen MR) is 46.7 cm³/mol. The molecular weight excluding hydrogens is 156 g/mol. The van der Waals surface area contributed by atoms with E-state index in [-0.39, 0.29) is 5.41 Å². The first-order valence-corrected chi connectivity index (χ1v) is 4.68. The topological polar surface area (TPSA) is 25.8 Å². The van der Waals surface area contributed by atoms with Gasteiger partial charge in [-0.2, -0.15) is 0 Å². The standard InChI is InChI=1S/C8H13N2S/c1-4-5-8(2,3)7-10-9-6-11-7/h4-5H2,1-3H3. The van der Waals surface area contributed by atoms with Crippen LogP contribution in [-0.4, -0.2) is 10.2 Å². The van der Waals surface area contributed by atoms with Crippen LogP contribution < -0.4 is 0 Å². The van der Waals surface area contributed by atoms with E-state index in [1.807, 2.05) is 0 Å². The third kappa shape index (κ3) is 1.99. The maximum Gasteiger partial charge on any atom is 0.178 e. The Kier molecular flexibility index (Phi) is 2.60. The SMILES string of the molecule is CCCC(C)(C)c1nn[c]s1. The highest BCUT2D eigenvalue weighted by atomic mass is 32.1. The maximum absolute atomic E-state index is 4.02. The molecule has 61 valence electrons. The zero-order valence-corrected chi connectivity index (χ0v) is 8.03. The van der Waals surface area contributed by atoms with E-state index in [0.717, 1.165) is 11.4 Å². The van der Waals surface area contributed by atoms with Gasteiger partial charge in [0.05, 0.1) is 0 Å². The largest absolute Gasteiger partial charge is 0.178 e. The second-order valence-corrected chi connectivity index (χ2v) is 4.11. The zero-order valence-electron chi connectivity index (χ0n) is 7.22. The molecule has 0 fully saturated rings. The molecular formula is C8H13N2S. The summed E-state index contributed by atoms with van der Waals surface area (Å²) in [6.45, 7) is 6.59. The summed E-state index contributed by atoms with van der Waals surface area (Å²) in [5.74, 6) is 0. The lowest BCUT2D eigenvalue weighted by Gasteiger charge is -2.19. The van der Waals surface area contributed by atoms with Gasteiger partial charge in [0.15, 0.2) is 5.51 Å². The van der Waals surface area contributed by atoms with Crippen molar-refractivity contribution < 1.29 is 0 Å². The van der Waals surface area contributed by atoms with Gasteiger partial charge in [0.2, 0.25) is 0 Å². The van der Waals surface area contributed by atoms with Crippen molar-refractivity contribution in [2.45, 2.75) is 39.0 Å². The van der Waals surface area contributed by atoms with Gasteiger partial charge in [0.25, 0.3) is 0 Å². The summed E-state index contributed by atoms with van der Waals surface area (Å²) in [6, 6.07) is 0. The van der Waals surface area contributed by atoms with Crippen molar-refractivity contribution in [3.05, 3.63) is 10.5 Å². The third-order valence-corrected chi connectivity index (χ3v) is 2.78. The molecule has 0 aliphatic heterocycles. The van der Waals surface area contributed by atoms with Crippen LogP contribution >= 0.6 is 11.3 Å². The van der Waals surface area contributed by atoms with Gasteiger partial charge in [-0.15, -0.1) is 10.2 Å². The van der Waals surface area contributed by atoms with Crippen LogP contribution in [-0.2, 0) is 5.41 Å². The molecule has 0 atom stereocenters. The van der Waals surface area contributed by atoms with Gasteiger partial charge in [-0.1, -0.05) is 38.5 Å². The van der Waals surface area contributed by atoms with Crippen LogP contribution in [0.25, 0.3) is 0 Å². The van der Waals surface area contributed by atoms with Crippen LogP contribution in [0, 0.1) is 5.51 Å². The highest BCUT2D eigenvalue weighted by molar-refractivity contribution is 7.08. The highest BCUT2D eigenvalue weighted by Crippen LogP contribution is 2.28. The summed E-state index contributed by atoms with van der Waals surface area (Å²) in [5, 5.41) is 8.83. The van der Waals surface area contributed by atoms with Gasteiger partial charge >= 0.3 is 0 Å². The lowest BCUT2D eigenvalue weighted by molar-refractivity contribution is 0.467. The second kappa shape index (κ2) is 3.30. The monoisotopic (exact) mass is 169 g/mol. The van der Waals surface area contributed by atoms with E-state index in [4.69, 9.17) is 0 Å². The Balaban J connectivity index is 2.73. The van der Waals surface area contributed by atoms with Crippen molar-refractivity contribution >= 4 is 11.3 Å². The van der Waals surface area contributed by atoms with E-state index < -0.39 is 0 Å². The quantitative estimate of drug-likeness (QED) is 0.694. The Bertz CT molecular complexity index is 204. The fraction of sp³-hybridized carbons (Fsp3) is 0.750. The Hall–Kier alpha value is -0.440. The first-order valence-electron chi connectivity index (χ1n) is 3.87. The molecule has 0 aliphatic carbocycles. The molecule has 2 nitrogen and oxygen atoms in total. The molecule has 0 unspecified atom stereocenters. The molecule has 0 amide bonds. The van der Waals surface area contributed by atoms with Crippen LogP contribution in [0.3, 0.4) is 0 Å². The molecule has 0 aromatic carbocycles. The maximum atomic E-state index is 4.02. The minimum Gasteiger partial charge on any atom is -0.143 e. The Morgan fingerprint density at radius 1 is 1.55 bits per heavy atom. The molecule has 0 N–H and O–H groups in total. The summed E-state index contributed by atoms with van der Waals surface area (Å²) in [4.78, 5) is 0. The van der Waals surface area contributed by atoms with Crippen molar-refractivity contribution in [3.8, 4) is 0 Å². The van der Waals surface area contributed by atoms with E-state index in [1.165, 1.54) is 17.8 Å². The van der Waals surface area contributed by atoms with E-state index in [0.29, 0.717) is 0 Å². The Morgan fingerprint density at radius 3 is 2.73 bits per heavy atom. The van der Waals surface area contributed by atoms with Crippen LogP contribution in [0.15, 0.2) is 0 Å². The average molecular weight is 169 g/mol. The molecule has 1 rings (SSSR count). The van der Waals surface area contributed by atoms with E-state index >= 15 is 0 Å². The molecule has 0 bridgehead atoms. The molecule has 1 heterocycles. The van der Waals surface area contributed by atoms with Crippen molar-refractivity contribution in [1.29, 1.82) is 0 Å². The first-order chi connectivity index (χ1) is 5.17. The van der Waals surface area contributed by atoms with Crippen LogP contribution in [0.4, 0.5) is 0 Å². The van der Waals surface area contributed by atoms with E-state index in [9.17, 15) is 0 Å². The fourth-order valence-corrected chi connectivity index (χ4v) is 1.78. The van der Waals surface area contributed by atoms with Gasteiger partial charge < -0.3 is 0 Å². The normalized spacial score (nSPS) is 11.9. The van der Waals surface area contributed by atoms with Gasteiger partial charge in [-0.3, -0.25) is 0 Å². The van der Waals surface area contributed by atoms with Gasteiger partial charge in [0, 0.05) is 5.41 Å². The van der Waals surface area contributed by atoms with Gasteiger partial charge in [0.1, 0.15) is 5.01 Å². The molecule has 0 saturated heterocycles. The summed E-state index contributed by atoms with van der Waals surface area (Å²) in [6.07, 6.45) is 2.35. The fourth-order valence-electron chi connectivity index (χ4n) is 1.16. The lowest BCUT2D eigenvalue weighted by Crippen LogP contribution is -2.16. The zero-order chi connectivity index (χ0) is 8.32. The predicted octanol–water partition coefficient (Wildman–Crippen LogP) is 2.42. The average Bonchev–Trinajstić information content (AvgIpc) is 2.37. The van der Waals surface area contributed by atoms with Crippen molar-refractivity contribution in [2.24, 2.45) is 0 Å². The summed E-state index contributed by atoms with van der Waals surface area (Å²) >= 11 is 1.52. The molecule has 0 spiro atoms. The molecule has 1 aromatic rings. The van der Waals surface area contributed by atoms with E-state index in [2.05, 4.69) is 36.5 Å². The summed E-state index contributed by atoms with van der Waals surface area (Å²) in [7, 11) is 0. The lowest BCUT2D eigenvalue weighted by atomic mass is 9.89. The highest BCUT2D eigenvalue weighted by Gasteiger charge is 2.22. The second-order valence-electron chi connectivity index (χ2n) is 3.33. The molecule has 0 saturated carbocycles. The molecule has 1 radical (unpaired) electrons. The third-order valence-electron chi connectivity index (χ3n) is 1.78. The number of aromatic nitrogens is 2. The molecule has 11 heavy (non-hydrogen) atoms. The van der Waals surface area contributed by atoms with Gasteiger partial charge in [-0.25, -0.2) is 0 Å². The van der Waals surface area contributed by atoms with Crippen molar-refractivity contribution in [1.82, 2.24) is 10.2 Å². The van der Waals surface area contributed by atoms with Crippen LogP contribution in [0.1, 0.15) is 38.6 Å². The Morgan fingerprint density at radius 2 is 2.27 bits per heavy atom. The van der Waals surface area contributed by atoms with Gasteiger partial charge in [-0.05, 0) is 6.42 Å². The number of hydrogen-bond acceptors (Lipinski definition) is 3. The van der Waals surface area contributed by atoms with Crippen LogP contribution in [0.5, 0.6) is 0 Å². The number of rotatable bonds is 3. The minimum atomic E-state index is 0.187. The molecule has 1 aromatic heterocycles. The van der Waals surface area contributed by atoms with Crippen molar-refractivity contribution in [3.63, 3.8) is 0 Å². The first kappa shape index (κ1) is 8.65.